The fraction of sp³-hybridized carbons (Fsp3) is 0.538. The molecule has 372 valence electrons. The van der Waals surface area contributed by atoms with Crippen LogP contribution >= 0.6 is 0 Å². The highest BCUT2D eigenvalue weighted by atomic mass is 16.5. The first-order valence-electron chi connectivity index (χ1n) is 24.2. The zero-order chi connectivity index (χ0) is 50.2. The van der Waals surface area contributed by atoms with Crippen molar-refractivity contribution in [1.29, 1.82) is 0 Å². The molecule has 0 saturated carbocycles. The van der Waals surface area contributed by atoms with Crippen LogP contribution in [0.1, 0.15) is 83.7 Å². The van der Waals surface area contributed by atoms with Gasteiger partial charge < -0.3 is 43.7 Å². The molecule has 4 amide bonds. The van der Waals surface area contributed by atoms with Crippen LogP contribution in [0.4, 0.5) is 5.95 Å². The number of likely N-dealkylation sites (tertiary alicyclic amines) is 1. The molecule has 3 aliphatic rings. The van der Waals surface area contributed by atoms with E-state index < -0.39 is 47.2 Å². The molecule has 2 saturated heterocycles. The molecule has 17 heteroatoms. The Kier molecular flexibility index (Phi) is 15.0. The maximum atomic E-state index is 14.8. The number of phenolic OH excluding ortho intramolecular Hbond substituents is 1. The molecule has 0 aliphatic carbocycles. The van der Waals surface area contributed by atoms with Gasteiger partial charge in [-0.15, -0.1) is 0 Å². The summed E-state index contributed by atoms with van der Waals surface area (Å²) in [6, 6.07) is 8.47. The van der Waals surface area contributed by atoms with Gasteiger partial charge in [-0.05, 0) is 98.0 Å². The second-order valence-corrected chi connectivity index (χ2v) is 20.3. The Balaban J connectivity index is 1.33. The molecule has 7 rings (SSSR count). The number of imidazole rings is 1. The summed E-state index contributed by atoms with van der Waals surface area (Å²) in [4.78, 5) is 79.9. The number of rotatable bonds is 11. The lowest BCUT2D eigenvalue weighted by atomic mass is 9.84. The highest BCUT2D eigenvalue weighted by Gasteiger charge is 2.40. The number of hydrogen-bond acceptors (Lipinski definition) is 11. The van der Waals surface area contributed by atoms with Crippen LogP contribution < -0.4 is 15.6 Å². The van der Waals surface area contributed by atoms with Gasteiger partial charge in [-0.25, -0.2) is 10.4 Å². The van der Waals surface area contributed by atoms with Gasteiger partial charge in [0.25, 0.3) is 5.91 Å². The number of esters is 1. The summed E-state index contributed by atoms with van der Waals surface area (Å²) in [7, 11) is 9.20. The minimum Gasteiger partial charge on any atom is -0.508 e. The smallest absolute Gasteiger partial charge is 0.324 e. The summed E-state index contributed by atoms with van der Waals surface area (Å²) in [5, 5.41) is 16.8. The van der Waals surface area contributed by atoms with Crippen LogP contribution in [0.3, 0.4) is 0 Å². The fourth-order valence-electron chi connectivity index (χ4n) is 10.5. The number of nitrogens with one attached hydrogen (secondary N) is 2. The average Bonchev–Trinajstić information content (AvgIpc) is 4.03. The number of fused-ring (bicyclic) bond motifs is 6. The van der Waals surface area contributed by atoms with Gasteiger partial charge in [0.05, 0.1) is 30.0 Å². The number of carbonyl (C=O) groups excluding carboxylic acids is 5. The number of ether oxygens (including phenoxy) is 2. The Bertz CT molecular complexity index is 2630. The lowest BCUT2D eigenvalue weighted by Crippen LogP contribution is -2.62. The standard InChI is InChI=1S/C52H71N9O8/c1-13-42(63)59-21-19-34(28-59)48(65)57(10)44(30(3)4)47(64)53-40-24-32-22-35(25-36(62)23-32)33-17-18-41-37(26-33)38(27-52(6,7)29-69-50(67)39-16-15-20-61(55-39)49(40)66)46(60(41)14-2)43-45(31(5)68-12)58(11)51(54-43)56(8)9/h13,17-18,22-23,25-26,30-31,34,39-40,44,55,62H,1,14-16,19-21,24,27-29H2,2-12H3,(H,53,64)/t31-,34-,39-,40-,44-/m0/s1. The number of anilines is 1. The SMILES string of the molecule is C=CC(=O)N1CC[C@H](C(=O)N(C)[C@H](C(=O)N[C@H]2Cc3cc(O)cc(c3)-c3ccc4c(c3)c(c(-c3nc(N(C)C)n(C)c3[C@H](C)OC)n4CC)CC(C)(C)COC(=O)[C@@H]3CCCN(N3)C2=O)C(C)C)C1. The molecule has 3 aliphatic heterocycles. The number of carbonyl (C=O) groups is 5. The predicted octanol–water partition coefficient (Wildman–Crippen LogP) is 5.37. The van der Waals surface area contributed by atoms with Crippen molar-refractivity contribution in [3.8, 4) is 28.3 Å². The van der Waals surface area contributed by atoms with Gasteiger partial charge in [0, 0.05) is 84.2 Å². The highest BCUT2D eigenvalue weighted by molar-refractivity contribution is 5.96. The first kappa shape index (κ1) is 50.7. The molecule has 6 bridgehead atoms. The topological polar surface area (TPSA) is 184 Å². The van der Waals surface area contributed by atoms with E-state index in [4.69, 9.17) is 14.5 Å². The number of benzene rings is 2. The quantitative estimate of drug-likeness (QED) is 0.130. The van der Waals surface area contributed by atoms with E-state index in [2.05, 4.69) is 59.4 Å². The lowest BCUT2D eigenvalue weighted by Gasteiger charge is -2.37. The molecule has 4 aromatic rings. The minimum absolute atomic E-state index is 0.0181. The predicted molar refractivity (Wildman–Crippen MR) is 265 cm³/mol. The number of hydrazine groups is 1. The van der Waals surface area contributed by atoms with Gasteiger partial charge >= 0.3 is 5.97 Å². The van der Waals surface area contributed by atoms with Gasteiger partial charge in [0.15, 0.2) is 0 Å². The van der Waals surface area contributed by atoms with Crippen molar-refractivity contribution in [3.05, 3.63) is 65.9 Å². The Morgan fingerprint density at radius 3 is 2.48 bits per heavy atom. The number of methoxy groups -OCH3 is 1. The van der Waals surface area contributed by atoms with E-state index in [9.17, 15) is 29.1 Å². The van der Waals surface area contributed by atoms with Crippen molar-refractivity contribution in [1.82, 2.24) is 39.7 Å². The zero-order valence-electron chi connectivity index (χ0n) is 42.2. The van der Waals surface area contributed by atoms with Crippen molar-refractivity contribution >= 4 is 46.4 Å². The molecule has 2 aromatic heterocycles. The molecule has 2 aromatic carbocycles. The third kappa shape index (κ3) is 10.3. The first-order valence-corrected chi connectivity index (χ1v) is 24.2. The molecule has 0 spiro atoms. The molecule has 3 N–H and O–H groups in total. The number of hydrogen-bond donors (Lipinski definition) is 3. The van der Waals surface area contributed by atoms with E-state index in [1.165, 1.54) is 16.0 Å². The molecular formula is C52H71N9O8. The van der Waals surface area contributed by atoms with Crippen LogP contribution in [0.5, 0.6) is 5.75 Å². The van der Waals surface area contributed by atoms with Crippen LogP contribution in [0.15, 0.2) is 49.1 Å². The van der Waals surface area contributed by atoms with Gasteiger partial charge in [-0.2, -0.15) is 0 Å². The van der Waals surface area contributed by atoms with E-state index in [1.807, 2.05) is 58.9 Å². The number of nitrogens with zero attached hydrogens (tertiary/aromatic N) is 7. The molecule has 0 unspecified atom stereocenters. The molecule has 5 atom stereocenters. The van der Waals surface area contributed by atoms with Crippen LogP contribution in [-0.2, 0) is 59.9 Å². The number of aromatic nitrogens is 3. The first-order chi connectivity index (χ1) is 32.7. The molecular weight excluding hydrogens is 879 g/mol. The number of cyclic esters (lactones) is 1. The number of phenols is 1. The van der Waals surface area contributed by atoms with Gasteiger partial charge in [0.1, 0.15) is 29.6 Å². The third-order valence-corrected chi connectivity index (χ3v) is 14.0. The fourth-order valence-corrected chi connectivity index (χ4v) is 10.5. The molecule has 5 heterocycles. The van der Waals surface area contributed by atoms with E-state index in [1.54, 1.807) is 31.2 Å². The highest BCUT2D eigenvalue weighted by Crippen LogP contribution is 2.43. The maximum Gasteiger partial charge on any atom is 0.324 e. The van der Waals surface area contributed by atoms with E-state index in [0.717, 1.165) is 45.1 Å². The Morgan fingerprint density at radius 1 is 1.07 bits per heavy atom. The Morgan fingerprint density at radius 2 is 1.81 bits per heavy atom. The number of amides is 4. The van der Waals surface area contributed by atoms with Crippen molar-refractivity contribution in [2.24, 2.45) is 24.3 Å². The molecule has 17 nitrogen and oxygen atoms in total. The van der Waals surface area contributed by atoms with Crippen LogP contribution in [-0.4, -0.2) is 136 Å². The summed E-state index contributed by atoms with van der Waals surface area (Å²) in [5.74, 6) is -2.13. The Labute approximate surface area is 405 Å². The van der Waals surface area contributed by atoms with Crippen molar-refractivity contribution in [3.63, 3.8) is 0 Å². The van der Waals surface area contributed by atoms with E-state index >= 15 is 0 Å². The largest absolute Gasteiger partial charge is 0.508 e. The number of aryl methyl sites for hydroxylation is 1. The van der Waals surface area contributed by atoms with Crippen molar-refractivity contribution < 1.29 is 38.6 Å². The summed E-state index contributed by atoms with van der Waals surface area (Å²) in [6.07, 6.45) is 2.81. The monoisotopic (exact) mass is 950 g/mol. The maximum absolute atomic E-state index is 14.8. The number of aromatic hydroxyl groups is 1. The van der Waals surface area contributed by atoms with Crippen molar-refractivity contribution in [2.45, 2.75) is 104 Å². The molecule has 69 heavy (non-hydrogen) atoms. The van der Waals surface area contributed by atoms with Crippen LogP contribution in [0, 0.1) is 17.3 Å². The number of likely N-dealkylation sites (N-methyl/N-ethyl adjacent to an activating group) is 1. The second-order valence-electron chi connectivity index (χ2n) is 20.3. The summed E-state index contributed by atoms with van der Waals surface area (Å²) in [5.41, 5.74) is 9.33. The Hall–Kier alpha value is -6.20. The van der Waals surface area contributed by atoms with E-state index in [0.29, 0.717) is 49.9 Å². The van der Waals surface area contributed by atoms with Gasteiger partial charge in [0.2, 0.25) is 23.7 Å². The van der Waals surface area contributed by atoms with Crippen LogP contribution in [0.2, 0.25) is 0 Å². The second kappa shape index (κ2) is 20.4. The summed E-state index contributed by atoms with van der Waals surface area (Å²) < 4.78 is 16.5. The zero-order valence-corrected chi connectivity index (χ0v) is 42.2. The molecule has 2 fully saturated rings. The van der Waals surface area contributed by atoms with Crippen LogP contribution in [0.25, 0.3) is 33.4 Å². The minimum atomic E-state index is -1.17. The summed E-state index contributed by atoms with van der Waals surface area (Å²) >= 11 is 0. The van der Waals surface area contributed by atoms with Crippen molar-refractivity contribution in [2.75, 3.05) is 59.4 Å². The van der Waals surface area contributed by atoms with Gasteiger partial charge in [-0.3, -0.25) is 29.0 Å². The van der Waals surface area contributed by atoms with Gasteiger partial charge in [-0.1, -0.05) is 46.4 Å². The third-order valence-electron chi connectivity index (χ3n) is 14.0. The van der Waals surface area contributed by atoms with E-state index in [-0.39, 0.29) is 55.7 Å². The lowest BCUT2D eigenvalue weighted by molar-refractivity contribution is -0.155. The molecule has 0 radical (unpaired) electrons. The normalized spacial score (nSPS) is 20.6. The average molecular weight is 950 g/mol. The summed E-state index contributed by atoms with van der Waals surface area (Å²) in [6.45, 7) is 17.1.